The van der Waals surface area contributed by atoms with E-state index in [0.29, 0.717) is 17.2 Å². The number of nitrogens with one attached hydrogen (secondary N) is 1. The second-order valence-corrected chi connectivity index (χ2v) is 7.36. The van der Waals surface area contributed by atoms with Gasteiger partial charge in [-0.1, -0.05) is 6.08 Å². The van der Waals surface area contributed by atoms with Gasteiger partial charge in [0.2, 0.25) is 10.0 Å². The Morgan fingerprint density at radius 3 is 2.80 bits per heavy atom. The molecule has 3 nitrogen and oxygen atoms in total. The lowest BCUT2D eigenvalue weighted by molar-refractivity contribution is 0.584. The summed E-state index contributed by atoms with van der Waals surface area (Å²) in [6.07, 6.45) is 2.31. The van der Waals surface area contributed by atoms with Gasteiger partial charge in [0, 0.05) is 6.54 Å². The van der Waals surface area contributed by atoms with E-state index in [4.69, 9.17) is 0 Å². The van der Waals surface area contributed by atoms with Gasteiger partial charge >= 0.3 is 0 Å². The average molecular weight is 310 g/mol. The molecule has 84 valence electrons. The molecule has 0 fully saturated rings. The fraction of sp³-hybridized carbons (Fsp3) is 0.333. The maximum atomic E-state index is 11.7. The summed E-state index contributed by atoms with van der Waals surface area (Å²) < 4.78 is 27.1. The average Bonchev–Trinajstić information content (AvgIpc) is 2.48. The molecule has 0 saturated heterocycles. The van der Waals surface area contributed by atoms with Crippen molar-refractivity contribution in [3.63, 3.8) is 0 Å². The van der Waals surface area contributed by atoms with Crippen LogP contribution in [0.2, 0.25) is 0 Å². The van der Waals surface area contributed by atoms with Crippen molar-refractivity contribution in [3.05, 3.63) is 28.1 Å². The molecule has 1 heterocycles. The highest BCUT2D eigenvalue weighted by atomic mass is 79.9. The molecule has 0 radical (unpaired) electrons. The SMILES string of the molecule is C=CCCNS(=O)(=O)c1cc(C)c(Br)s1. The maximum absolute atomic E-state index is 11.7. The normalized spacial score (nSPS) is 11.6. The standard InChI is InChI=1S/C9H12BrNO2S2/c1-3-4-5-11-15(12,13)8-6-7(2)9(10)14-8/h3,6,11H,1,4-5H2,2H3. The monoisotopic (exact) mass is 309 g/mol. The summed E-state index contributed by atoms with van der Waals surface area (Å²) in [5.41, 5.74) is 0.934. The van der Waals surface area contributed by atoms with Gasteiger partial charge in [0.1, 0.15) is 4.21 Å². The summed E-state index contributed by atoms with van der Waals surface area (Å²) in [7, 11) is -3.34. The molecule has 0 spiro atoms. The van der Waals surface area contributed by atoms with Crippen LogP contribution in [0.15, 0.2) is 26.7 Å². The molecule has 1 rings (SSSR count). The van der Waals surface area contributed by atoms with Crippen LogP contribution in [0.5, 0.6) is 0 Å². The maximum Gasteiger partial charge on any atom is 0.250 e. The van der Waals surface area contributed by atoms with Crippen molar-refractivity contribution in [2.75, 3.05) is 6.54 Å². The predicted octanol–water partition coefficient (Wildman–Crippen LogP) is 2.67. The van der Waals surface area contributed by atoms with Gasteiger partial charge in [0.15, 0.2) is 0 Å². The quantitative estimate of drug-likeness (QED) is 0.671. The lowest BCUT2D eigenvalue weighted by Crippen LogP contribution is -2.23. The smallest absolute Gasteiger partial charge is 0.210 e. The van der Waals surface area contributed by atoms with Crippen LogP contribution in [0.25, 0.3) is 0 Å². The highest BCUT2D eigenvalue weighted by Crippen LogP contribution is 2.30. The molecule has 15 heavy (non-hydrogen) atoms. The molecular weight excluding hydrogens is 298 g/mol. The minimum atomic E-state index is -3.34. The molecule has 0 aliphatic rings. The number of thiophene rings is 1. The zero-order valence-corrected chi connectivity index (χ0v) is 11.5. The first-order valence-electron chi connectivity index (χ1n) is 4.34. The van der Waals surface area contributed by atoms with Crippen molar-refractivity contribution < 1.29 is 8.42 Å². The third-order valence-corrected chi connectivity index (χ3v) is 5.81. The number of aryl methyl sites for hydroxylation is 1. The van der Waals surface area contributed by atoms with Crippen LogP contribution in [0.4, 0.5) is 0 Å². The van der Waals surface area contributed by atoms with Gasteiger partial charge in [-0.2, -0.15) is 0 Å². The Kier molecular flexibility index (Phi) is 4.51. The van der Waals surface area contributed by atoms with E-state index >= 15 is 0 Å². The molecule has 0 aromatic carbocycles. The second kappa shape index (κ2) is 5.25. The molecule has 0 aliphatic heterocycles. The Labute approximate surface area is 102 Å². The highest BCUT2D eigenvalue weighted by Gasteiger charge is 2.17. The molecule has 0 bridgehead atoms. The van der Waals surface area contributed by atoms with Gasteiger partial charge in [0.05, 0.1) is 3.79 Å². The van der Waals surface area contributed by atoms with E-state index in [-0.39, 0.29) is 0 Å². The lowest BCUT2D eigenvalue weighted by Gasteiger charge is -2.01. The first kappa shape index (κ1) is 12.9. The number of hydrogen-bond donors (Lipinski definition) is 1. The summed E-state index contributed by atoms with van der Waals surface area (Å²) >= 11 is 4.52. The molecule has 1 aromatic heterocycles. The van der Waals surface area contributed by atoms with Crippen LogP contribution in [0.1, 0.15) is 12.0 Å². The van der Waals surface area contributed by atoms with Crippen LogP contribution in [0.3, 0.4) is 0 Å². The number of sulfonamides is 1. The molecular formula is C9H12BrNO2S2. The van der Waals surface area contributed by atoms with E-state index in [1.54, 1.807) is 12.1 Å². The second-order valence-electron chi connectivity index (χ2n) is 3.00. The van der Waals surface area contributed by atoms with E-state index in [9.17, 15) is 8.42 Å². The number of hydrogen-bond acceptors (Lipinski definition) is 3. The molecule has 0 aliphatic carbocycles. The molecule has 0 atom stereocenters. The molecule has 1 N–H and O–H groups in total. The fourth-order valence-corrected chi connectivity index (χ4v) is 4.25. The third kappa shape index (κ3) is 3.41. The summed E-state index contributed by atoms with van der Waals surface area (Å²) in [5.74, 6) is 0. The topological polar surface area (TPSA) is 46.2 Å². The van der Waals surface area contributed by atoms with Crippen molar-refractivity contribution in [1.82, 2.24) is 4.72 Å². The van der Waals surface area contributed by atoms with E-state index in [1.807, 2.05) is 6.92 Å². The largest absolute Gasteiger partial charge is 0.250 e. The minimum Gasteiger partial charge on any atom is -0.210 e. The van der Waals surface area contributed by atoms with Crippen LogP contribution in [-0.4, -0.2) is 15.0 Å². The van der Waals surface area contributed by atoms with E-state index in [1.165, 1.54) is 11.3 Å². The Bertz CT molecular complexity index is 431. The molecule has 1 aromatic rings. The Morgan fingerprint density at radius 1 is 1.67 bits per heavy atom. The van der Waals surface area contributed by atoms with Gasteiger partial charge < -0.3 is 0 Å². The summed E-state index contributed by atoms with van der Waals surface area (Å²) in [6, 6.07) is 1.66. The Hall–Kier alpha value is -0.170. The van der Waals surface area contributed by atoms with Crippen molar-refractivity contribution in [1.29, 1.82) is 0 Å². The summed E-state index contributed by atoms with van der Waals surface area (Å²) in [4.78, 5) is 0. The molecule has 0 saturated carbocycles. The van der Waals surface area contributed by atoms with Crippen molar-refractivity contribution in [2.45, 2.75) is 17.6 Å². The van der Waals surface area contributed by atoms with Gasteiger partial charge in [-0.05, 0) is 40.9 Å². The Morgan fingerprint density at radius 2 is 2.33 bits per heavy atom. The van der Waals surface area contributed by atoms with Crippen LogP contribution in [-0.2, 0) is 10.0 Å². The predicted molar refractivity (Wildman–Crippen MR) is 66.8 cm³/mol. The summed E-state index contributed by atoms with van der Waals surface area (Å²) in [5, 5.41) is 0. The van der Waals surface area contributed by atoms with Gasteiger partial charge in [-0.3, -0.25) is 0 Å². The van der Waals surface area contributed by atoms with Gasteiger partial charge in [-0.15, -0.1) is 17.9 Å². The molecule has 0 amide bonds. The number of halogens is 1. The van der Waals surface area contributed by atoms with E-state index in [0.717, 1.165) is 9.35 Å². The number of rotatable bonds is 5. The van der Waals surface area contributed by atoms with Gasteiger partial charge in [-0.25, -0.2) is 13.1 Å². The molecule has 6 heteroatoms. The zero-order valence-electron chi connectivity index (χ0n) is 8.29. The minimum absolute atomic E-state index is 0.343. The van der Waals surface area contributed by atoms with Crippen LogP contribution < -0.4 is 4.72 Å². The van der Waals surface area contributed by atoms with Crippen molar-refractivity contribution >= 4 is 37.3 Å². The van der Waals surface area contributed by atoms with Crippen LogP contribution in [0, 0.1) is 6.92 Å². The van der Waals surface area contributed by atoms with E-state index in [2.05, 4.69) is 27.2 Å². The van der Waals surface area contributed by atoms with Crippen molar-refractivity contribution in [3.8, 4) is 0 Å². The van der Waals surface area contributed by atoms with Gasteiger partial charge in [0.25, 0.3) is 0 Å². The zero-order chi connectivity index (χ0) is 11.5. The Balaban J connectivity index is 2.82. The first-order chi connectivity index (χ1) is 6.97. The van der Waals surface area contributed by atoms with E-state index < -0.39 is 10.0 Å². The molecule has 0 unspecified atom stereocenters. The third-order valence-electron chi connectivity index (χ3n) is 1.74. The van der Waals surface area contributed by atoms with Crippen LogP contribution >= 0.6 is 27.3 Å². The lowest BCUT2D eigenvalue weighted by atomic mass is 10.4. The van der Waals surface area contributed by atoms with Crippen molar-refractivity contribution in [2.24, 2.45) is 0 Å². The first-order valence-corrected chi connectivity index (χ1v) is 7.43. The fourth-order valence-electron chi connectivity index (χ4n) is 0.931. The summed E-state index contributed by atoms with van der Waals surface area (Å²) in [6.45, 7) is 5.79. The highest BCUT2D eigenvalue weighted by molar-refractivity contribution is 9.11.